The lowest BCUT2D eigenvalue weighted by molar-refractivity contribution is -0.154. The molecule has 4 rings (SSSR count). The van der Waals surface area contributed by atoms with E-state index in [1.165, 1.54) is 29.5 Å². The summed E-state index contributed by atoms with van der Waals surface area (Å²) in [6, 6.07) is 7.64. The maximum Gasteiger partial charge on any atom is 0.274 e. The Labute approximate surface area is 193 Å². The van der Waals surface area contributed by atoms with Gasteiger partial charge in [0.15, 0.2) is 5.78 Å². The van der Waals surface area contributed by atoms with E-state index in [1.54, 1.807) is 17.5 Å². The summed E-state index contributed by atoms with van der Waals surface area (Å²) in [5.41, 5.74) is 0.0479. The van der Waals surface area contributed by atoms with E-state index in [0.29, 0.717) is 16.3 Å². The molecule has 1 saturated heterocycles. The predicted molar refractivity (Wildman–Crippen MR) is 118 cm³/mol. The third-order valence-electron chi connectivity index (χ3n) is 5.58. The number of ketones is 1. The summed E-state index contributed by atoms with van der Waals surface area (Å²) >= 11 is 13.4. The fourth-order valence-electron chi connectivity index (χ4n) is 4.06. The standard InChI is InChI=1S/C22H18Cl2N2O4S/c1-12-4-2-5-15-19(12)22(30)26(21(15)29)25(11-17(27)18-6-3-9-31-18)20(28)14-8-7-13(23)10-16(14)24/h2-4,6-10,12,15,19H,5,11H2,1H3/t12-,15+,19+/m1/s1. The van der Waals surface area contributed by atoms with Crippen molar-refractivity contribution in [2.45, 2.75) is 13.3 Å². The number of halogens is 2. The van der Waals surface area contributed by atoms with Gasteiger partial charge in [0.2, 0.25) is 0 Å². The van der Waals surface area contributed by atoms with Crippen molar-refractivity contribution in [3.05, 3.63) is 68.3 Å². The molecular formula is C22H18Cl2N2O4S. The Morgan fingerprint density at radius 1 is 1.19 bits per heavy atom. The summed E-state index contributed by atoms with van der Waals surface area (Å²) in [6.45, 7) is 1.40. The summed E-state index contributed by atoms with van der Waals surface area (Å²) in [7, 11) is 0. The lowest BCUT2D eigenvalue weighted by atomic mass is 9.78. The van der Waals surface area contributed by atoms with Gasteiger partial charge >= 0.3 is 0 Å². The number of amides is 3. The molecule has 0 N–H and O–H groups in total. The van der Waals surface area contributed by atoms with Crippen molar-refractivity contribution in [3.63, 3.8) is 0 Å². The minimum absolute atomic E-state index is 0.0479. The van der Waals surface area contributed by atoms with Crippen molar-refractivity contribution in [1.82, 2.24) is 10.0 Å². The summed E-state index contributed by atoms with van der Waals surface area (Å²) in [4.78, 5) is 53.2. The van der Waals surface area contributed by atoms with Crippen molar-refractivity contribution < 1.29 is 19.2 Å². The Morgan fingerprint density at radius 3 is 2.61 bits per heavy atom. The quantitative estimate of drug-likeness (QED) is 0.361. The molecule has 3 amide bonds. The van der Waals surface area contributed by atoms with Crippen LogP contribution in [0.2, 0.25) is 10.0 Å². The van der Waals surface area contributed by atoms with Gasteiger partial charge < -0.3 is 0 Å². The molecule has 6 nitrogen and oxygen atoms in total. The second kappa shape index (κ2) is 8.57. The van der Waals surface area contributed by atoms with Crippen LogP contribution in [0.15, 0.2) is 47.9 Å². The van der Waals surface area contributed by atoms with Crippen molar-refractivity contribution >= 4 is 58.0 Å². The molecule has 0 radical (unpaired) electrons. The molecule has 9 heteroatoms. The van der Waals surface area contributed by atoms with Gasteiger partial charge in [-0.15, -0.1) is 11.3 Å². The molecule has 31 heavy (non-hydrogen) atoms. The maximum atomic E-state index is 13.4. The van der Waals surface area contributed by atoms with E-state index in [2.05, 4.69) is 0 Å². The van der Waals surface area contributed by atoms with Gasteiger partial charge in [0.1, 0.15) is 6.54 Å². The molecule has 0 saturated carbocycles. The summed E-state index contributed by atoms with van der Waals surface area (Å²) < 4.78 is 0. The molecule has 1 aliphatic heterocycles. The van der Waals surface area contributed by atoms with Crippen LogP contribution >= 0.6 is 34.5 Å². The molecule has 160 valence electrons. The minimum atomic E-state index is -0.715. The van der Waals surface area contributed by atoms with Gasteiger partial charge in [-0.05, 0) is 42.0 Å². The second-order valence-corrected chi connectivity index (χ2v) is 9.32. The van der Waals surface area contributed by atoms with E-state index in [0.717, 1.165) is 10.0 Å². The highest BCUT2D eigenvalue weighted by atomic mass is 35.5. The molecule has 2 aliphatic rings. The number of fused-ring (bicyclic) bond motifs is 1. The van der Waals surface area contributed by atoms with Gasteiger partial charge in [0.05, 0.1) is 27.3 Å². The van der Waals surface area contributed by atoms with Crippen LogP contribution in [0, 0.1) is 17.8 Å². The van der Waals surface area contributed by atoms with Gasteiger partial charge in [0.25, 0.3) is 17.7 Å². The molecule has 1 aromatic heterocycles. The highest BCUT2D eigenvalue weighted by Crippen LogP contribution is 2.39. The lowest BCUT2D eigenvalue weighted by Gasteiger charge is -2.30. The normalized spacial score (nSPS) is 22.5. The molecule has 1 aliphatic carbocycles. The minimum Gasteiger partial charge on any atom is -0.291 e. The molecule has 1 fully saturated rings. The smallest absolute Gasteiger partial charge is 0.274 e. The fourth-order valence-corrected chi connectivity index (χ4v) is 5.20. The van der Waals surface area contributed by atoms with Crippen LogP contribution in [-0.4, -0.2) is 40.1 Å². The van der Waals surface area contributed by atoms with Crippen LogP contribution < -0.4 is 0 Å². The monoisotopic (exact) mass is 476 g/mol. The first-order valence-electron chi connectivity index (χ1n) is 9.67. The number of nitrogens with zero attached hydrogens (tertiary/aromatic N) is 2. The van der Waals surface area contributed by atoms with Gasteiger partial charge in [-0.25, -0.2) is 5.01 Å². The van der Waals surface area contributed by atoms with Gasteiger partial charge in [-0.1, -0.05) is 48.3 Å². The van der Waals surface area contributed by atoms with Gasteiger partial charge in [0, 0.05) is 5.02 Å². The number of hydrogen-bond donors (Lipinski definition) is 0. The number of rotatable bonds is 5. The zero-order valence-corrected chi connectivity index (χ0v) is 18.8. The van der Waals surface area contributed by atoms with E-state index >= 15 is 0 Å². The van der Waals surface area contributed by atoms with Gasteiger partial charge in [-0.2, -0.15) is 5.01 Å². The maximum absolute atomic E-state index is 13.4. The van der Waals surface area contributed by atoms with Crippen molar-refractivity contribution in [2.75, 3.05) is 6.54 Å². The molecule has 1 aromatic carbocycles. The van der Waals surface area contributed by atoms with Crippen LogP contribution in [0.4, 0.5) is 0 Å². The Balaban J connectivity index is 1.73. The lowest BCUT2D eigenvalue weighted by Crippen LogP contribution is -2.52. The number of hydrogen-bond acceptors (Lipinski definition) is 5. The Bertz CT molecular complexity index is 1100. The third kappa shape index (κ3) is 3.93. The highest BCUT2D eigenvalue weighted by molar-refractivity contribution is 7.12. The molecular weight excluding hydrogens is 459 g/mol. The molecule has 0 bridgehead atoms. The summed E-state index contributed by atoms with van der Waals surface area (Å²) in [5.74, 6) is -3.33. The number of hydrazine groups is 1. The average molecular weight is 477 g/mol. The first kappa shape index (κ1) is 21.7. The number of carbonyl (C=O) groups excluding carboxylic acids is 4. The SMILES string of the molecule is C[C@@H]1C=CC[C@@H]2C(=O)N(N(CC(=O)c3cccs3)C(=O)c3ccc(Cl)cc3Cl)C(=O)[C@@H]12. The average Bonchev–Trinajstić information content (AvgIpc) is 3.34. The van der Waals surface area contributed by atoms with Crippen LogP contribution in [0.1, 0.15) is 33.4 Å². The van der Waals surface area contributed by atoms with Crippen molar-refractivity contribution in [2.24, 2.45) is 17.8 Å². The molecule has 0 spiro atoms. The third-order valence-corrected chi connectivity index (χ3v) is 7.03. The highest BCUT2D eigenvalue weighted by Gasteiger charge is 2.53. The number of carbonyl (C=O) groups is 4. The van der Waals surface area contributed by atoms with Crippen molar-refractivity contribution in [3.8, 4) is 0 Å². The number of thiophene rings is 1. The number of imide groups is 1. The van der Waals surface area contributed by atoms with E-state index in [4.69, 9.17) is 23.2 Å². The number of benzene rings is 1. The topological polar surface area (TPSA) is 74.8 Å². The zero-order valence-electron chi connectivity index (χ0n) is 16.5. The fraction of sp³-hybridized carbons (Fsp3) is 0.273. The Hall–Kier alpha value is -2.48. The van der Waals surface area contributed by atoms with Crippen LogP contribution in [-0.2, 0) is 9.59 Å². The van der Waals surface area contributed by atoms with Crippen molar-refractivity contribution in [1.29, 1.82) is 0 Å². The summed E-state index contributed by atoms with van der Waals surface area (Å²) in [5, 5.41) is 3.91. The van der Waals surface area contributed by atoms with E-state index in [-0.39, 0.29) is 22.3 Å². The van der Waals surface area contributed by atoms with E-state index in [9.17, 15) is 19.2 Å². The second-order valence-electron chi connectivity index (χ2n) is 7.53. The molecule has 2 heterocycles. The number of allylic oxidation sites excluding steroid dienone is 2. The molecule has 2 aromatic rings. The summed E-state index contributed by atoms with van der Waals surface area (Å²) in [6.07, 6.45) is 4.19. The van der Waals surface area contributed by atoms with Crippen LogP contribution in [0.3, 0.4) is 0 Å². The van der Waals surface area contributed by atoms with Gasteiger partial charge in [-0.3, -0.25) is 19.2 Å². The Kier molecular flexibility index (Phi) is 6.01. The zero-order chi connectivity index (χ0) is 22.3. The van der Waals surface area contributed by atoms with E-state index < -0.39 is 36.1 Å². The first-order valence-corrected chi connectivity index (χ1v) is 11.3. The molecule has 3 atom stereocenters. The van der Waals surface area contributed by atoms with Crippen LogP contribution in [0.25, 0.3) is 0 Å². The first-order chi connectivity index (χ1) is 14.8. The predicted octanol–water partition coefficient (Wildman–Crippen LogP) is 4.49. The largest absolute Gasteiger partial charge is 0.291 e. The van der Waals surface area contributed by atoms with E-state index in [1.807, 2.05) is 19.1 Å². The number of Topliss-reactive ketones (excluding diaryl/α,β-unsaturated/α-hetero) is 1. The molecule has 0 unspecified atom stereocenters. The van der Waals surface area contributed by atoms with Crippen LogP contribution in [0.5, 0.6) is 0 Å². The Morgan fingerprint density at radius 2 is 1.97 bits per heavy atom.